The monoisotopic (exact) mass is 414 g/mol. The van der Waals surface area contributed by atoms with Crippen LogP contribution in [0.3, 0.4) is 0 Å². The molecule has 2 aromatic rings. The van der Waals surface area contributed by atoms with Crippen molar-refractivity contribution in [3.05, 3.63) is 35.9 Å². The first-order chi connectivity index (χ1) is 14.5. The fourth-order valence-electron chi connectivity index (χ4n) is 3.77. The molecule has 1 aromatic heterocycles. The van der Waals surface area contributed by atoms with E-state index in [0.29, 0.717) is 30.5 Å². The van der Waals surface area contributed by atoms with Gasteiger partial charge in [0.1, 0.15) is 18.7 Å². The summed E-state index contributed by atoms with van der Waals surface area (Å²) in [5.74, 6) is 0.0763. The number of hydrogen-bond donors (Lipinski definition) is 2. The highest BCUT2D eigenvalue weighted by atomic mass is 19.1. The molecule has 0 unspecified atom stereocenters. The second-order valence-electron chi connectivity index (χ2n) is 7.83. The van der Waals surface area contributed by atoms with Gasteiger partial charge in [-0.3, -0.25) is 4.79 Å². The van der Waals surface area contributed by atoms with Crippen LogP contribution >= 0.6 is 0 Å². The average Bonchev–Trinajstić information content (AvgIpc) is 2.74. The predicted molar refractivity (Wildman–Crippen MR) is 117 cm³/mol. The molecule has 0 bridgehead atoms. The van der Waals surface area contributed by atoms with Gasteiger partial charge in [0, 0.05) is 34.2 Å². The van der Waals surface area contributed by atoms with E-state index in [1.54, 1.807) is 6.07 Å². The predicted octanol–water partition coefficient (Wildman–Crippen LogP) is 4.36. The SMILES string of the molecule is CCC[C@@H](F)C(=O)Nc1ccc(OC[C@H]2CCCCN2)c(-c2c(C)ncnc2C)c1. The third kappa shape index (κ3) is 5.53. The minimum Gasteiger partial charge on any atom is -0.491 e. The molecule has 162 valence electrons. The van der Waals surface area contributed by atoms with Crippen LogP contribution in [-0.4, -0.2) is 41.2 Å². The molecule has 0 aliphatic carbocycles. The van der Waals surface area contributed by atoms with Crippen LogP contribution < -0.4 is 15.4 Å². The number of halogens is 1. The van der Waals surface area contributed by atoms with Crippen molar-refractivity contribution in [2.45, 2.75) is 65.1 Å². The normalized spacial score (nSPS) is 17.4. The zero-order valence-corrected chi connectivity index (χ0v) is 18.0. The summed E-state index contributed by atoms with van der Waals surface area (Å²) in [6.45, 7) is 7.26. The van der Waals surface area contributed by atoms with Crippen LogP contribution in [0.5, 0.6) is 5.75 Å². The molecule has 1 aliphatic heterocycles. The Balaban J connectivity index is 1.88. The number of piperidine rings is 1. The van der Waals surface area contributed by atoms with Crippen LogP contribution in [0.4, 0.5) is 10.1 Å². The molecular formula is C23H31FN4O2. The molecule has 0 radical (unpaired) electrons. The maximum absolute atomic E-state index is 14.0. The molecule has 1 amide bonds. The van der Waals surface area contributed by atoms with E-state index in [4.69, 9.17) is 4.74 Å². The van der Waals surface area contributed by atoms with Gasteiger partial charge in [-0.25, -0.2) is 14.4 Å². The standard InChI is InChI=1S/C23H31FN4O2/c1-4-7-20(24)23(29)28-17-9-10-21(30-13-18-8-5-6-11-25-18)19(12-17)22-15(2)26-14-27-16(22)3/h9-10,12,14,18,20,25H,4-8,11,13H2,1-3H3,(H,28,29)/t18-,20-/m1/s1. The summed E-state index contributed by atoms with van der Waals surface area (Å²) in [4.78, 5) is 20.8. The molecule has 0 saturated carbocycles. The lowest BCUT2D eigenvalue weighted by Crippen LogP contribution is -2.38. The number of rotatable bonds is 8. The minimum absolute atomic E-state index is 0.207. The van der Waals surface area contributed by atoms with Crippen LogP contribution in [0.2, 0.25) is 0 Å². The highest BCUT2D eigenvalue weighted by molar-refractivity contribution is 5.95. The number of amides is 1. The number of ether oxygens (including phenoxy) is 1. The van der Waals surface area contributed by atoms with Gasteiger partial charge in [0.2, 0.25) is 0 Å². The highest BCUT2D eigenvalue weighted by Gasteiger charge is 2.20. The van der Waals surface area contributed by atoms with Gasteiger partial charge in [-0.05, 0) is 57.9 Å². The van der Waals surface area contributed by atoms with E-state index in [1.165, 1.54) is 19.2 Å². The van der Waals surface area contributed by atoms with Crippen molar-refractivity contribution in [1.82, 2.24) is 15.3 Å². The molecule has 2 atom stereocenters. The Morgan fingerprint density at radius 1 is 1.30 bits per heavy atom. The second kappa shape index (κ2) is 10.5. The molecule has 2 N–H and O–H groups in total. The largest absolute Gasteiger partial charge is 0.491 e. The first-order valence-corrected chi connectivity index (χ1v) is 10.7. The first-order valence-electron chi connectivity index (χ1n) is 10.7. The molecule has 30 heavy (non-hydrogen) atoms. The van der Waals surface area contributed by atoms with E-state index >= 15 is 0 Å². The summed E-state index contributed by atoms with van der Waals surface area (Å²) in [6, 6.07) is 5.71. The summed E-state index contributed by atoms with van der Waals surface area (Å²) in [6.07, 6.45) is 4.32. The van der Waals surface area contributed by atoms with Crippen LogP contribution in [-0.2, 0) is 4.79 Å². The molecule has 1 aromatic carbocycles. The number of nitrogens with one attached hydrogen (secondary N) is 2. The fourth-order valence-corrected chi connectivity index (χ4v) is 3.77. The summed E-state index contributed by atoms with van der Waals surface area (Å²) < 4.78 is 20.2. The summed E-state index contributed by atoms with van der Waals surface area (Å²) in [5, 5.41) is 6.17. The van der Waals surface area contributed by atoms with Crippen LogP contribution in [0.1, 0.15) is 50.4 Å². The lowest BCUT2D eigenvalue weighted by molar-refractivity contribution is -0.121. The van der Waals surface area contributed by atoms with Crippen molar-refractivity contribution in [3.8, 4) is 16.9 Å². The maximum Gasteiger partial charge on any atom is 0.258 e. The van der Waals surface area contributed by atoms with E-state index < -0.39 is 12.1 Å². The van der Waals surface area contributed by atoms with Crippen molar-refractivity contribution in [3.63, 3.8) is 0 Å². The maximum atomic E-state index is 14.0. The Bertz CT molecular complexity index is 848. The van der Waals surface area contributed by atoms with Crippen molar-refractivity contribution in [1.29, 1.82) is 0 Å². The zero-order valence-electron chi connectivity index (χ0n) is 18.0. The van der Waals surface area contributed by atoms with Gasteiger partial charge >= 0.3 is 0 Å². The molecule has 6 nitrogen and oxygen atoms in total. The van der Waals surface area contributed by atoms with Gasteiger partial charge in [-0.1, -0.05) is 19.8 Å². The van der Waals surface area contributed by atoms with Crippen LogP contribution in [0.25, 0.3) is 11.1 Å². The van der Waals surface area contributed by atoms with Gasteiger partial charge < -0.3 is 15.4 Å². The van der Waals surface area contributed by atoms with E-state index in [2.05, 4.69) is 20.6 Å². The molecule has 2 heterocycles. The Labute approximate surface area is 177 Å². The molecule has 0 spiro atoms. The molecule has 1 aliphatic rings. The smallest absolute Gasteiger partial charge is 0.258 e. The molecule has 1 fully saturated rings. The quantitative estimate of drug-likeness (QED) is 0.671. The Morgan fingerprint density at radius 2 is 2.07 bits per heavy atom. The van der Waals surface area contributed by atoms with Crippen LogP contribution in [0.15, 0.2) is 24.5 Å². The first kappa shape index (κ1) is 22.2. The van der Waals surface area contributed by atoms with Crippen LogP contribution in [0, 0.1) is 13.8 Å². The minimum atomic E-state index is -1.52. The number of aryl methyl sites for hydroxylation is 2. The number of carbonyl (C=O) groups is 1. The van der Waals surface area contributed by atoms with E-state index in [9.17, 15) is 9.18 Å². The molecule has 3 rings (SSSR count). The second-order valence-corrected chi connectivity index (χ2v) is 7.83. The van der Waals surface area contributed by atoms with Gasteiger partial charge in [0.25, 0.3) is 5.91 Å². The number of benzene rings is 1. The Kier molecular flexibility index (Phi) is 7.74. The van der Waals surface area contributed by atoms with Gasteiger partial charge in [0.15, 0.2) is 6.17 Å². The highest BCUT2D eigenvalue weighted by Crippen LogP contribution is 2.36. The van der Waals surface area contributed by atoms with Gasteiger partial charge in [-0.15, -0.1) is 0 Å². The van der Waals surface area contributed by atoms with Crippen molar-refractivity contribution in [2.75, 3.05) is 18.5 Å². The zero-order chi connectivity index (χ0) is 21.5. The molecule has 1 saturated heterocycles. The topological polar surface area (TPSA) is 76.1 Å². The molecule has 7 heteroatoms. The van der Waals surface area contributed by atoms with E-state index in [0.717, 1.165) is 35.5 Å². The third-order valence-corrected chi connectivity index (χ3v) is 5.42. The van der Waals surface area contributed by atoms with Gasteiger partial charge in [0.05, 0.1) is 0 Å². The average molecular weight is 415 g/mol. The summed E-state index contributed by atoms with van der Waals surface area (Å²) >= 11 is 0. The van der Waals surface area contributed by atoms with Crippen molar-refractivity contribution >= 4 is 11.6 Å². The van der Waals surface area contributed by atoms with Crippen molar-refractivity contribution < 1.29 is 13.9 Å². The van der Waals surface area contributed by atoms with Crippen molar-refractivity contribution in [2.24, 2.45) is 0 Å². The number of nitrogens with zero attached hydrogens (tertiary/aromatic N) is 2. The summed E-state index contributed by atoms with van der Waals surface area (Å²) in [7, 11) is 0. The van der Waals surface area contributed by atoms with Gasteiger partial charge in [-0.2, -0.15) is 0 Å². The number of alkyl halides is 1. The number of hydrogen-bond acceptors (Lipinski definition) is 5. The summed E-state index contributed by atoms with van der Waals surface area (Å²) in [5.41, 5.74) is 3.83. The third-order valence-electron chi connectivity index (χ3n) is 5.42. The Morgan fingerprint density at radius 3 is 2.73 bits per heavy atom. The van der Waals surface area contributed by atoms with E-state index in [1.807, 2.05) is 32.9 Å². The lowest BCUT2D eigenvalue weighted by atomic mass is 10.0. The fraction of sp³-hybridized carbons (Fsp3) is 0.522. The van der Waals surface area contributed by atoms with E-state index in [-0.39, 0.29) is 6.42 Å². The number of carbonyl (C=O) groups excluding carboxylic acids is 1. The number of anilines is 1. The molecular weight excluding hydrogens is 383 g/mol. The Hall–Kier alpha value is -2.54. The lowest BCUT2D eigenvalue weighted by Gasteiger charge is -2.24. The number of aromatic nitrogens is 2.